The Balaban J connectivity index is 3.39. The molecule has 0 fully saturated rings. The molecule has 0 aliphatic heterocycles. The minimum Gasteiger partial charge on any atom is -0.390 e. The van der Waals surface area contributed by atoms with E-state index in [9.17, 15) is 5.11 Å². The Morgan fingerprint density at radius 3 is 2.43 bits per heavy atom. The summed E-state index contributed by atoms with van der Waals surface area (Å²) in [5.41, 5.74) is 0. The summed E-state index contributed by atoms with van der Waals surface area (Å²) in [7, 11) is 2.05. The zero-order valence-electron chi connectivity index (χ0n) is 10.1. The van der Waals surface area contributed by atoms with Crippen molar-refractivity contribution in [3.8, 4) is 0 Å². The molecule has 0 aromatic carbocycles. The first-order valence-electron chi connectivity index (χ1n) is 5.63. The molecule has 0 aromatic rings. The van der Waals surface area contributed by atoms with Crippen molar-refractivity contribution in [2.45, 2.75) is 33.3 Å². The Morgan fingerprint density at radius 1 is 1.29 bits per heavy atom. The number of aliphatic hydroxyl groups excluding tert-OH is 1. The molecule has 3 nitrogen and oxygen atoms in total. The van der Waals surface area contributed by atoms with Crippen molar-refractivity contribution in [2.75, 3.05) is 33.2 Å². The van der Waals surface area contributed by atoms with Gasteiger partial charge in [-0.15, -0.1) is 0 Å². The number of hydrogen-bond donors (Lipinski definition) is 2. The Hall–Kier alpha value is -0.120. The first-order chi connectivity index (χ1) is 6.56. The molecule has 1 unspecified atom stereocenters. The predicted molar refractivity (Wildman–Crippen MR) is 61.5 cm³/mol. The van der Waals surface area contributed by atoms with Crippen LogP contribution in [-0.4, -0.2) is 49.3 Å². The van der Waals surface area contributed by atoms with Crippen molar-refractivity contribution in [2.24, 2.45) is 5.92 Å². The van der Waals surface area contributed by atoms with E-state index in [0.29, 0.717) is 12.5 Å². The van der Waals surface area contributed by atoms with Crippen molar-refractivity contribution in [3.63, 3.8) is 0 Å². The number of rotatable bonds is 8. The van der Waals surface area contributed by atoms with E-state index in [-0.39, 0.29) is 6.10 Å². The lowest BCUT2D eigenvalue weighted by atomic mass is 10.2. The second kappa shape index (κ2) is 8.21. The smallest absolute Gasteiger partial charge is 0.0791 e. The average Bonchev–Trinajstić information content (AvgIpc) is 2.03. The number of hydrogen-bond acceptors (Lipinski definition) is 3. The maximum atomic E-state index is 9.65. The zero-order chi connectivity index (χ0) is 11.0. The highest BCUT2D eigenvalue weighted by atomic mass is 16.3. The van der Waals surface area contributed by atoms with Gasteiger partial charge in [-0.3, -0.25) is 0 Å². The highest BCUT2D eigenvalue weighted by molar-refractivity contribution is 4.64. The first-order valence-corrected chi connectivity index (χ1v) is 5.63. The highest BCUT2D eigenvalue weighted by Crippen LogP contribution is 1.92. The zero-order valence-corrected chi connectivity index (χ0v) is 10.1. The molecule has 0 bridgehead atoms. The van der Waals surface area contributed by atoms with E-state index in [1.165, 1.54) is 0 Å². The summed E-state index contributed by atoms with van der Waals surface area (Å²) in [6.45, 7) is 9.99. The summed E-state index contributed by atoms with van der Waals surface area (Å²) in [5, 5.41) is 12.9. The maximum Gasteiger partial charge on any atom is 0.0791 e. The van der Waals surface area contributed by atoms with E-state index >= 15 is 0 Å². The van der Waals surface area contributed by atoms with Crippen LogP contribution in [0.5, 0.6) is 0 Å². The summed E-state index contributed by atoms with van der Waals surface area (Å²) in [6.07, 6.45) is 0.896. The van der Waals surface area contributed by atoms with Gasteiger partial charge in [-0.25, -0.2) is 0 Å². The number of aliphatic hydroxyl groups is 1. The van der Waals surface area contributed by atoms with Gasteiger partial charge in [0.25, 0.3) is 0 Å². The largest absolute Gasteiger partial charge is 0.390 e. The lowest BCUT2D eigenvalue weighted by Gasteiger charge is -2.20. The van der Waals surface area contributed by atoms with E-state index < -0.39 is 0 Å². The third-order valence-electron chi connectivity index (χ3n) is 2.06. The second-order valence-corrected chi connectivity index (χ2v) is 4.47. The molecule has 0 saturated carbocycles. The van der Waals surface area contributed by atoms with Crippen LogP contribution in [0.1, 0.15) is 27.2 Å². The summed E-state index contributed by atoms with van der Waals surface area (Å²) < 4.78 is 0. The Bertz CT molecular complexity index is 128. The van der Waals surface area contributed by atoms with Crippen LogP contribution in [0, 0.1) is 5.92 Å². The van der Waals surface area contributed by atoms with Gasteiger partial charge in [0, 0.05) is 13.1 Å². The molecule has 0 aromatic heterocycles. The molecule has 0 spiro atoms. The standard InChI is InChI=1S/C11H26N2O/c1-5-6-13(4)9-11(14)8-12-7-10(2)3/h10-12,14H,5-9H2,1-4H3. The van der Waals surface area contributed by atoms with E-state index in [0.717, 1.165) is 26.1 Å². The number of likely N-dealkylation sites (N-methyl/N-ethyl adjacent to an activating group) is 1. The van der Waals surface area contributed by atoms with Gasteiger partial charge in [0.2, 0.25) is 0 Å². The van der Waals surface area contributed by atoms with Crippen molar-refractivity contribution in [1.82, 2.24) is 10.2 Å². The third kappa shape index (κ3) is 8.48. The van der Waals surface area contributed by atoms with Gasteiger partial charge < -0.3 is 15.3 Å². The monoisotopic (exact) mass is 202 g/mol. The van der Waals surface area contributed by atoms with Gasteiger partial charge in [0.1, 0.15) is 0 Å². The molecule has 0 aliphatic carbocycles. The van der Waals surface area contributed by atoms with Crippen LogP contribution < -0.4 is 5.32 Å². The average molecular weight is 202 g/mol. The van der Waals surface area contributed by atoms with Crippen molar-refractivity contribution in [1.29, 1.82) is 0 Å². The fraction of sp³-hybridized carbons (Fsp3) is 1.00. The van der Waals surface area contributed by atoms with Crippen molar-refractivity contribution >= 4 is 0 Å². The molecule has 14 heavy (non-hydrogen) atoms. The summed E-state index contributed by atoms with van der Waals surface area (Å²) in [4.78, 5) is 2.17. The van der Waals surface area contributed by atoms with Gasteiger partial charge in [0.05, 0.1) is 6.10 Å². The van der Waals surface area contributed by atoms with Crippen LogP contribution >= 0.6 is 0 Å². The summed E-state index contributed by atoms with van der Waals surface area (Å²) >= 11 is 0. The third-order valence-corrected chi connectivity index (χ3v) is 2.06. The normalized spacial score (nSPS) is 13.9. The maximum absolute atomic E-state index is 9.65. The quantitative estimate of drug-likeness (QED) is 0.615. The molecular formula is C11H26N2O. The summed E-state index contributed by atoms with van der Waals surface area (Å²) in [5.74, 6) is 0.649. The first kappa shape index (κ1) is 13.9. The second-order valence-electron chi connectivity index (χ2n) is 4.47. The molecule has 1 atom stereocenters. The molecule has 3 heteroatoms. The number of nitrogens with zero attached hydrogens (tertiary/aromatic N) is 1. The molecule has 0 amide bonds. The highest BCUT2D eigenvalue weighted by Gasteiger charge is 2.06. The molecule has 2 N–H and O–H groups in total. The van der Waals surface area contributed by atoms with Crippen LogP contribution in [0.4, 0.5) is 0 Å². The molecule has 0 aliphatic rings. The van der Waals surface area contributed by atoms with Gasteiger partial charge in [-0.1, -0.05) is 20.8 Å². The molecule has 0 heterocycles. The molecule has 0 rings (SSSR count). The lowest BCUT2D eigenvalue weighted by molar-refractivity contribution is 0.123. The Kier molecular flexibility index (Phi) is 8.14. The van der Waals surface area contributed by atoms with Crippen molar-refractivity contribution in [3.05, 3.63) is 0 Å². The minimum atomic E-state index is -0.245. The van der Waals surface area contributed by atoms with E-state index in [1.54, 1.807) is 0 Å². The van der Waals surface area contributed by atoms with Crippen molar-refractivity contribution < 1.29 is 5.11 Å². The SMILES string of the molecule is CCCN(C)CC(O)CNCC(C)C. The van der Waals surface area contributed by atoms with Gasteiger partial charge in [-0.05, 0) is 32.5 Å². The minimum absolute atomic E-state index is 0.245. The van der Waals surface area contributed by atoms with E-state index in [2.05, 4.69) is 38.0 Å². The van der Waals surface area contributed by atoms with E-state index in [4.69, 9.17) is 0 Å². The van der Waals surface area contributed by atoms with Crippen LogP contribution in [0.3, 0.4) is 0 Å². The fourth-order valence-corrected chi connectivity index (χ4v) is 1.44. The predicted octanol–water partition coefficient (Wildman–Crippen LogP) is 0.935. The fourth-order valence-electron chi connectivity index (χ4n) is 1.44. The van der Waals surface area contributed by atoms with Gasteiger partial charge >= 0.3 is 0 Å². The Morgan fingerprint density at radius 2 is 1.93 bits per heavy atom. The summed E-state index contributed by atoms with van der Waals surface area (Å²) in [6, 6.07) is 0. The van der Waals surface area contributed by atoms with Crippen LogP contribution in [0.25, 0.3) is 0 Å². The van der Waals surface area contributed by atoms with Crippen LogP contribution in [0.2, 0.25) is 0 Å². The number of nitrogens with one attached hydrogen (secondary N) is 1. The topological polar surface area (TPSA) is 35.5 Å². The van der Waals surface area contributed by atoms with Gasteiger partial charge in [-0.2, -0.15) is 0 Å². The molecular weight excluding hydrogens is 176 g/mol. The molecule has 86 valence electrons. The van der Waals surface area contributed by atoms with Crippen LogP contribution in [0.15, 0.2) is 0 Å². The molecule has 0 radical (unpaired) electrons. The Labute approximate surface area is 88.5 Å². The molecule has 0 saturated heterocycles. The lowest BCUT2D eigenvalue weighted by Crippen LogP contribution is -2.37. The van der Waals surface area contributed by atoms with Gasteiger partial charge in [0.15, 0.2) is 0 Å². The van der Waals surface area contributed by atoms with Crippen LogP contribution in [-0.2, 0) is 0 Å². The van der Waals surface area contributed by atoms with E-state index in [1.807, 2.05) is 0 Å².